The lowest BCUT2D eigenvalue weighted by Crippen LogP contribution is -2.49. The quantitative estimate of drug-likeness (QED) is 0.712. The predicted molar refractivity (Wildman–Crippen MR) is 126 cm³/mol. The van der Waals surface area contributed by atoms with Gasteiger partial charge in [0, 0.05) is 64.0 Å². The maximum Gasteiger partial charge on any atom is 0.222 e. The number of carbonyl (C=O) groups excluding carboxylic acids is 1. The van der Waals surface area contributed by atoms with Gasteiger partial charge >= 0.3 is 0 Å². The monoisotopic (exact) mass is 440 g/mol. The van der Waals surface area contributed by atoms with Gasteiger partial charge in [-0.3, -0.25) is 4.79 Å². The standard InChI is InChI=1S/C24H33FN6O/c1-2-26-22-16-23(28-18-27-22)31-11-3-4-19(17-31)5-10-24(32)30-14-12-29(13-15-30)21-8-6-20(25)7-9-21/h6-9,16,18-19H,2-5,10-15,17H2,1H3,(H,26,27,28). The van der Waals surface area contributed by atoms with E-state index in [-0.39, 0.29) is 11.7 Å². The van der Waals surface area contributed by atoms with Crippen LogP contribution in [0.25, 0.3) is 0 Å². The Morgan fingerprint density at radius 3 is 2.62 bits per heavy atom. The van der Waals surface area contributed by atoms with Gasteiger partial charge in [-0.05, 0) is 56.4 Å². The van der Waals surface area contributed by atoms with Crippen LogP contribution in [0.5, 0.6) is 0 Å². The zero-order valence-corrected chi connectivity index (χ0v) is 18.8. The van der Waals surface area contributed by atoms with Crippen molar-refractivity contribution in [2.45, 2.75) is 32.6 Å². The third-order valence-electron chi connectivity index (χ3n) is 6.44. The Kier molecular flexibility index (Phi) is 7.39. The lowest BCUT2D eigenvalue weighted by molar-refractivity contribution is -0.131. The maximum absolute atomic E-state index is 13.1. The number of aromatic nitrogens is 2. The minimum absolute atomic E-state index is 0.221. The molecule has 1 N–H and O–H groups in total. The van der Waals surface area contributed by atoms with Gasteiger partial charge in [-0.15, -0.1) is 0 Å². The van der Waals surface area contributed by atoms with Crippen LogP contribution in [0.4, 0.5) is 21.7 Å². The number of hydrogen-bond acceptors (Lipinski definition) is 6. The number of rotatable bonds is 7. The molecular weight excluding hydrogens is 407 g/mol. The third-order valence-corrected chi connectivity index (χ3v) is 6.44. The number of benzene rings is 1. The number of halogens is 1. The second-order valence-corrected chi connectivity index (χ2v) is 8.63. The minimum atomic E-state index is -0.221. The van der Waals surface area contributed by atoms with Gasteiger partial charge < -0.3 is 20.0 Å². The van der Waals surface area contributed by atoms with Crippen molar-refractivity contribution < 1.29 is 9.18 Å². The summed E-state index contributed by atoms with van der Waals surface area (Å²) in [5, 5.41) is 3.24. The highest BCUT2D eigenvalue weighted by atomic mass is 19.1. The van der Waals surface area contributed by atoms with Gasteiger partial charge in [0.05, 0.1) is 0 Å². The van der Waals surface area contributed by atoms with Crippen molar-refractivity contribution in [2.75, 3.05) is 60.9 Å². The molecule has 1 aromatic carbocycles. The smallest absolute Gasteiger partial charge is 0.222 e. The number of hydrogen-bond donors (Lipinski definition) is 1. The van der Waals surface area contributed by atoms with Crippen LogP contribution in [0.2, 0.25) is 0 Å². The molecule has 1 aromatic heterocycles. The molecule has 0 saturated carbocycles. The van der Waals surface area contributed by atoms with E-state index in [9.17, 15) is 9.18 Å². The highest BCUT2D eigenvalue weighted by Gasteiger charge is 2.25. The van der Waals surface area contributed by atoms with Gasteiger partial charge in [-0.2, -0.15) is 0 Å². The first-order valence-electron chi connectivity index (χ1n) is 11.7. The zero-order chi connectivity index (χ0) is 22.3. The first kappa shape index (κ1) is 22.3. The molecule has 172 valence electrons. The Labute approximate surface area is 189 Å². The summed E-state index contributed by atoms with van der Waals surface area (Å²) in [5.74, 6) is 2.35. The normalized spacial score (nSPS) is 19.2. The molecule has 32 heavy (non-hydrogen) atoms. The Morgan fingerprint density at radius 1 is 1.09 bits per heavy atom. The summed E-state index contributed by atoms with van der Waals surface area (Å²) in [4.78, 5) is 28.1. The Balaban J connectivity index is 1.23. The molecule has 8 heteroatoms. The first-order chi connectivity index (χ1) is 15.6. The molecule has 0 bridgehead atoms. The van der Waals surface area contributed by atoms with Gasteiger partial charge in [-0.1, -0.05) is 0 Å². The van der Waals surface area contributed by atoms with Crippen molar-refractivity contribution in [1.82, 2.24) is 14.9 Å². The van der Waals surface area contributed by atoms with E-state index in [1.165, 1.54) is 12.1 Å². The summed E-state index contributed by atoms with van der Waals surface area (Å²) in [6.07, 6.45) is 5.41. The van der Waals surface area contributed by atoms with Crippen LogP contribution in [0.3, 0.4) is 0 Å². The van der Waals surface area contributed by atoms with Gasteiger partial charge in [0.2, 0.25) is 5.91 Å². The summed E-state index contributed by atoms with van der Waals surface area (Å²) in [7, 11) is 0. The van der Waals surface area contributed by atoms with E-state index >= 15 is 0 Å². The molecule has 2 saturated heterocycles. The molecule has 7 nitrogen and oxygen atoms in total. The van der Waals surface area contributed by atoms with Crippen LogP contribution >= 0.6 is 0 Å². The zero-order valence-electron chi connectivity index (χ0n) is 18.8. The lowest BCUT2D eigenvalue weighted by Gasteiger charge is -2.37. The van der Waals surface area contributed by atoms with Crippen LogP contribution < -0.4 is 15.1 Å². The summed E-state index contributed by atoms with van der Waals surface area (Å²) < 4.78 is 13.1. The topological polar surface area (TPSA) is 64.6 Å². The second kappa shape index (κ2) is 10.6. The van der Waals surface area contributed by atoms with Crippen LogP contribution in [0.15, 0.2) is 36.7 Å². The van der Waals surface area contributed by atoms with E-state index in [0.29, 0.717) is 12.3 Å². The van der Waals surface area contributed by atoms with Gasteiger partial charge in [0.1, 0.15) is 23.8 Å². The summed E-state index contributed by atoms with van der Waals surface area (Å²) in [5.41, 5.74) is 1.02. The predicted octanol–water partition coefficient (Wildman–Crippen LogP) is 3.39. The molecule has 2 aliphatic rings. The highest BCUT2D eigenvalue weighted by Crippen LogP contribution is 2.26. The van der Waals surface area contributed by atoms with Gasteiger partial charge in [0.25, 0.3) is 0 Å². The number of piperidine rings is 1. The van der Waals surface area contributed by atoms with Crippen molar-refractivity contribution >= 4 is 23.2 Å². The molecule has 0 radical (unpaired) electrons. The van der Waals surface area contributed by atoms with E-state index < -0.39 is 0 Å². The minimum Gasteiger partial charge on any atom is -0.370 e. The number of nitrogens with zero attached hydrogens (tertiary/aromatic N) is 5. The molecule has 2 aromatic rings. The van der Waals surface area contributed by atoms with Crippen LogP contribution in [-0.4, -0.2) is 66.6 Å². The first-order valence-corrected chi connectivity index (χ1v) is 11.7. The maximum atomic E-state index is 13.1. The number of anilines is 3. The van der Waals surface area contributed by atoms with Crippen molar-refractivity contribution in [3.8, 4) is 0 Å². The summed E-state index contributed by atoms with van der Waals surface area (Å²) in [6.45, 7) is 7.85. The largest absolute Gasteiger partial charge is 0.370 e. The molecule has 0 spiro atoms. The van der Waals surface area contributed by atoms with E-state index in [1.54, 1.807) is 18.5 Å². The summed E-state index contributed by atoms with van der Waals surface area (Å²) >= 11 is 0. The van der Waals surface area contributed by atoms with Gasteiger partial charge in [-0.25, -0.2) is 14.4 Å². The van der Waals surface area contributed by atoms with E-state index in [2.05, 4.69) is 32.0 Å². The average molecular weight is 441 g/mol. The highest BCUT2D eigenvalue weighted by molar-refractivity contribution is 5.76. The third kappa shape index (κ3) is 5.66. The summed E-state index contributed by atoms with van der Waals surface area (Å²) in [6, 6.07) is 8.60. The number of amides is 1. The van der Waals surface area contributed by atoms with E-state index in [0.717, 1.165) is 82.4 Å². The molecule has 1 amide bonds. The molecule has 2 aliphatic heterocycles. The SMILES string of the molecule is CCNc1cc(N2CCCC(CCC(=O)N3CCN(c4ccc(F)cc4)CC3)C2)ncn1. The van der Waals surface area contributed by atoms with E-state index in [4.69, 9.17) is 0 Å². The molecular formula is C24H33FN6O. The fourth-order valence-electron chi connectivity index (χ4n) is 4.66. The molecule has 4 rings (SSSR count). The molecule has 1 atom stereocenters. The fraction of sp³-hybridized carbons (Fsp3) is 0.542. The number of piperazine rings is 1. The average Bonchev–Trinajstić information content (AvgIpc) is 2.84. The molecule has 2 fully saturated rings. The Morgan fingerprint density at radius 2 is 1.88 bits per heavy atom. The number of nitrogens with one attached hydrogen (secondary N) is 1. The van der Waals surface area contributed by atoms with Gasteiger partial charge in [0.15, 0.2) is 0 Å². The number of carbonyl (C=O) groups is 1. The fourth-order valence-corrected chi connectivity index (χ4v) is 4.66. The lowest BCUT2D eigenvalue weighted by atomic mass is 9.93. The van der Waals surface area contributed by atoms with Crippen LogP contribution in [0.1, 0.15) is 32.6 Å². The van der Waals surface area contributed by atoms with Crippen molar-refractivity contribution in [3.05, 3.63) is 42.5 Å². The van der Waals surface area contributed by atoms with Crippen LogP contribution in [-0.2, 0) is 4.79 Å². The molecule has 1 unspecified atom stereocenters. The molecule has 0 aliphatic carbocycles. The molecule has 3 heterocycles. The van der Waals surface area contributed by atoms with Crippen molar-refractivity contribution in [2.24, 2.45) is 5.92 Å². The van der Waals surface area contributed by atoms with Crippen molar-refractivity contribution in [3.63, 3.8) is 0 Å². The Hall–Kier alpha value is -2.90. The Bertz CT molecular complexity index is 884. The van der Waals surface area contributed by atoms with E-state index in [1.807, 2.05) is 11.0 Å². The van der Waals surface area contributed by atoms with Crippen LogP contribution in [0, 0.1) is 11.7 Å². The second-order valence-electron chi connectivity index (χ2n) is 8.63. The van der Waals surface area contributed by atoms with Crippen molar-refractivity contribution in [1.29, 1.82) is 0 Å².